The lowest BCUT2D eigenvalue weighted by Crippen LogP contribution is -1.97. The number of hydrogen-bond donors (Lipinski definition) is 1. The molecule has 27 heavy (non-hydrogen) atoms. The van der Waals surface area contributed by atoms with Crippen molar-refractivity contribution in [2.75, 3.05) is 5.32 Å². The number of carbonyl (C=O) groups excluding carboxylic acids is 1. The van der Waals surface area contributed by atoms with Crippen molar-refractivity contribution in [3.63, 3.8) is 0 Å². The van der Waals surface area contributed by atoms with Gasteiger partial charge in [0, 0.05) is 23.9 Å². The summed E-state index contributed by atoms with van der Waals surface area (Å²) in [6.07, 6.45) is 2.52. The molecular weight excluding hydrogens is 356 g/mol. The number of rotatable bonds is 5. The molecule has 3 heterocycles. The Morgan fingerprint density at radius 3 is 2.78 bits per heavy atom. The summed E-state index contributed by atoms with van der Waals surface area (Å²) < 4.78 is 2.10. The SMILES string of the molecule is CCC(=O)c1cccc(Nc2nc(C)c(-c3c(C)nc4ccccn34)s2)c1. The number of aromatic nitrogens is 3. The van der Waals surface area contributed by atoms with Gasteiger partial charge in [-0.3, -0.25) is 9.20 Å². The largest absolute Gasteiger partial charge is 0.332 e. The van der Waals surface area contributed by atoms with Gasteiger partial charge in [0.15, 0.2) is 10.9 Å². The van der Waals surface area contributed by atoms with Crippen LogP contribution in [0.2, 0.25) is 0 Å². The molecule has 136 valence electrons. The second kappa shape index (κ2) is 6.96. The van der Waals surface area contributed by atoms with Crippen molar-refractivity contribution in [1.82, 2.24) is 14.4 Å². The van der Waals surface area contributed by atoms with E-state index in [9.17, 15) is 4.79 Å². The molecule has 0 fully saturated rings. The summed E-state index contributed by atoms with van der Waals surface area (Å²) in [5.41, 5.74) is 5.52. The Labute approximate surface area is 161 Å². The maximum atomic E-state index is 11.9. The summed E-state index contributed by atoms with van der Waals surface area (Å²) in [5, 5.41) is 4.14. The zero-order chi connectivity index (χ0) is 19.0. The first-order valence-corrected chi connectivity index (χ1v) is 9.70. The third kappa shape index (κ3) is 3.24. The van der Waals surface area contributed by atoms with Gasteiger partial charge in [-0.05, 0) is 38.1 Å². The van der Waals surface area contributed by atoms with Crippen LogP contribution in [0.4, 0.5) is 10.8 Å². The zero-order valence-electron chi connectivity index (χ0n) is 15.5. The number of anilines is 2. The highest BCUT2D eigenvalue weighted by molar-refractivity contribution is 7.19. The van der Waals surface area contributed by atoms with Crippen molar-refractivity contribution < 1.29 is 4.79 Å². The molecule has 0 atom stereocenters. The minimum atomic E-state index is 0.135. The number of hydrogen-bond acceptors (Lipinski definition) is 5. The molecule has 1 aromatic carbocycles. The molecule has 0 spiro atoms. The second-order valence-corrected chi connectivity index (χ2v) is 7.39. The van der Waals surface area contributed by atoms with E-state index in [1.165, 1.54) is 0 Å². The van der Waals surface area contributed by atoms with E-state index in [0.717, 1.165) is 38.4 Å². The van der Waals surface area contributed by atoms with Crippen LogP contribution >= 0.6 is 11.3 Å². The van der Waals surface area contributed by atoms with E-state index in [-0.39, 0.29) is 5.78 Å². The maximum Gasteiger partial charge on any atom is 0.188 e. The van der Waals surface area contributed by atoms with E-state index >= 15 is 0 Å². The van der Waals surface area contributed by atoms with E-state index < -0.39 is 0 Å². The van der Waals surface area contributed by atoms with Gasteiger partial charge in [0.1, 0.15) is 5.65 Å². The highest BCUT2D eigenvalue weighted by Gasteiger charge is 2.17. The summed E-state index contributed by atoms with van der Waals surface area (Å²) >= 11 is 1.59. The van der Waals surface area contributed by atoms with Gasteiger partial charge in [-0.2, -0.15) is 0 Å². The van der Waals surface area contributed by atoms with Crippen molar-refractivity contribution in [2.24, 2.45) is 0 Å². The highest BCUT2D eigenvalue weighted by atomic mass is 32.1. The number of imidazole rings is 1. The molecular formula is C21H20N4OS. The number of nitrogens with zero attached hydrogens (tertiary/aromatic N) is 3. The predicted molar refractivity (Wildman–Crippen MR) is 110 cm³/mol. The Morgan fingerprint density at radius 2 is 1.96 bits per heavy atom. The van der Waals surface area contributed by atoms with Crippen LogP contribution in [-0.4, -0.2) is 20.2 Å². The minimum absolute atomic E-state index is 0.135. The Morgan fingerprint density at radius 1 is 1.11 bits per heavy atom. The molecule has 3 aromatic heterocycles. The Bertz CT molecular complexity index is 1140. The molecule has 4 aromatic rings. The second-order valence-electron chi connectivity index (χ2n) is 6.39. The normalized spacial score (nSPS) is 11.1. The molecule has 0 aliphatic heterocycles. The Hall–Kier alpha value is -2.99. The van der Waals surface area contributed by atoms with Gasteiger partial charge in [0.2, 0.25) is 0 Å². The van der Waals surface area contributed by atoms with Gasteiger partial charge in [0.25, 0.3) is 0 Å². The number of pyridine rings is 1. The van der Waals surface area contributed by atoms with Gasteiger partial charge < -0.3 is 5.32 Å². The minimum Gasteiger partial charge on any atom is -0.332 e. The first-order chi connectivity index (χ1) is 13.1. The van der Waals surface area contributed by atoms with Crippen molar-refractivity contribution in [1.29, 1.82) is 0 Å². The van der Waals surface area contributed by atoms with Crippen LogP contribution in [-0.2, 0) is 0 Å². The summed E-state index contributed by atoms with van der Waals surface area (Å²) in [6, 6.07) is 13.6. The van der Waals surface area contributed by atoms with Crippen LogP contribution in [0.5, 0.6) is 0 Å². The molecule has 0 saturated carbocycles. The lowest BCUT2D eigenvalue weighted by Gasteiger charge is -2.04. The molecule has 0 aliphatic carbocycles. The molecule has 0 radical (unpaired) electrons. The van der Waals surface area contributed by atoms with E-state index in [0.29, 0.717) is 12.0 Å². The molecule has 4 rings (SSSR count). The number of carbonyl (C=O) groups is 1. The van der Waals surface area contributed by atoms with Crippen LogP contribution in [0.1, 0.15) is 35.1 Å². The molecule has 6 heteroatoms. The number of thiazole rings is 1. The number of fused-ring (bicyclic) bond motifs is 1. The lowest BCUT2D eigenvalue weighted by atomic mass is 10.1. The summed E-state index contributed by atoms with van der Waals surface area (Å²) in [6.45, 7) is 5.90. The first-order valence-electron chi connectivity index (χ1n) is 8.88. The quantitative estimate of drug-likeness (QED) is 0.473. The van der Waals surface area contributed by atoms with Crippen molar-refractivity contribution in [3.8, 4) is 10.6 Å². The van der Waals surface area contributed by atoms with E-state index in [1.54, 1.807) is 11.3 Å². The van der Waals surface area contributed by atoms with Gasteiger partial charge in [0.05, 0.1) is 22.0 Å². The predicted octanol–water partition coefficient (Wildman–Crippen LogP) is 5.41. The number of nitrogens with one attached hydrogen (secondary N) is 1. The fourth-order valence-corrected chi connectivity index (χ4v) is 4.24. The van der Waals surface area contributed by atoms with Crippen LogP contribution in [0.15, 0.2) is 48.7 Å². The van der Waals surface area contributed by atoms with E-state index in [4.69, 9.17) is 0 Å². The van der Waals surface area contributed by atoms with Crippen LogP contribution in [0, 0.1) is 13.8 Å². The van der Waals surface area contributed by atoms with Gasteiger partial charge >= 0.3 is 0 Å². The maximum absolute atomic E-state index is 11.9. The number of ketones is 1. The number of benzene rings is 1. The van der Waals surface area contributed by atoms with E-state index in [2.05, 4.69) is 19.7 Å². The molecule has 0 unspecified atom stereocenters. The smallest absolute Gasteiger partial charge is 0.188 e. The molecule has 1 N–H and O–H groups in total. The third-order valence-electron chi connectivity index (χ3n) is 4.47. The first kappa shape index (κ1) is 17.4. The van der Waals surface area contributed by atoms with Crippen molar-refractivity contribution in [3.05, 3.63) is 65.6 Å². The Balaban J connectivity index is 1.70. The molecule has 0 saturated heterocycles. The van der Waals surface area contributed by atoms with Crippen LogP contribution < -0.4 is 5.32 Å². The average Bonchev–Trinajstić information content (AvgIpc) is 3.19. The zero-order valence-corrected chi connectivity index (χ0v) is 16.3. The summed E-state index contributed by atoms with van der Waals surface area (Å²) in [5.74, 6) is 0.135. The summed E-state index contributed by atoms with van der Waals surface area (Å²) in [4.78, 5) is 22.4. The standard InChI is InChI=1S/C21H20N4OS/c1-4-17(26)15-8-7-9-16(12-15)24-21-23-14(3)20(27-21)19-13(2)22-18-10-5-6-11-25(18)19/h5-12H,4H2,1-3H3,(H,23,24). The van der Waals surface area contributed by atoms with Crippen molar-refractivity contribution in [2.45, 2.75) is 27.2 Å². The van der Waals surface area contributed by atoms with Gasteiger partial charge in [-0.1, -0.05) is 36.5 Å². The van der Waals surface area contributed by atoms with Gasteiger partial charge in [-0.15, -0.1) is 0 Å². The van der Waals surface area contributed by atoms with Gasteiger partial charge in [-0.25, -0.2) is 9.97 Å². The third-order valence-corrected chi connectivity index (χ3v) is 5.55. The van der Waals surface area contributed by atoms with E-state index in [1.807, 2.05) is 69.4 Å². The fraction of sp³-hybridized carbons (Fsp3) is 0.190. The number of Topliss-reactive ketones (excluding diaryl/α,β-unsaturated/α-hetero) is 1. The lowest BCUT2D eigenvalue weighted by molar-refractivity contribution is 0.0988. The molecule has 0 aliphatic rings. The molecule has 5 nitrogen and oxygen atoms in total. The van der Waals surface area contributed by atoms with Crippen molar-refractivity contribution >= 4 is 33.6 Å². The average molecular weight is 376 g/mol. The molecule has 0 amide bonds. The van der Waals surface area contributed by atoms with Crippen LogP contribution in [0.3, 0.4) is 0 Å². The van der Waals surface area contributed by atoms with Crippen LogP contribution in [0.25, 0.3) is 16.2 Å². The summed E-state index contributed by atoms with van der Waals surface area (Å²) in [7, 11) is 0. The highest BCUT2D eigenvalue weighted by Crippen LogP contribution is 2.36. The Kier molecular flexibility index (Phi) is 4.49. The molecule has 0 bridgehead atoms. The number of aryl methyl sites for hydroxylation is 2. The topological polar surface area (TPSA) is 59.3 Å². The fourth-order valence-electron chi connectivity index (χ4n) is 3.15. The monoisotopic (exact) mass is 376 g/mol.